The Morgan fingerprint density at radius 2 is 1.57 bits per heavy atom. The lowest BCUT2D eigenvalue weighted by molar-refractivity contribution is 0.0643. The van der Waals surface area contributed by atoms with Crippen molar-refractivity contribution in [1.29, 1.82) is 0 Å². The molecule has 0 saturated carbocycles. The van der Waals surface area contributed by atoms with Gasteiger partial charge in [0.15, 0.2) is 5.16 Å². The van der Waals surface area contributed by atoms with Crippen LogP contribution in [0.1, 0.15) is 34.2 Å². The van der Waals surface area contributed by atoms with Gasteiger partial charge in [0, 0.05) is 49.6 Å². The average Bonchev–Trinajstić information content (AvgIpc) is 3.35. The van der Waals surface area contributed by atoms with Crippen molar-refractivity contribution in [3.05, 3.63) is 107 Å². The van der Waals surface area contributed by atoms with E-state index in [-0.39, 0.29) is 11.7 Å². The monoisotopic (exact) mass is 515 g/mol. The van der Waals surface area contributed by atoms with Crippen LogP contribution in [0.5, 0.6) is 0 Å². The summed E-state index contributed by atoms with van der Waals surface area (Å²) in [5.74, 6) is 1.28. The van der Waals surface area contributed by atoms with Crippen LogP contribution in [0.25, 0.3) is 5.69 Å². The van der Waals surface area contributed by atoms with Crippen molar-refractivity contribution in [2.75, 3.05) is 32.7 Å². The zero-order valence-corrected chi connectivity index (χ0v) is 21.7. The lowest BCUT2D eigenvalue weighted by Gasteiger charge is -2.34. The van der Waals surface area contributed by atoms with Gasteiger partial charge < -0.3 is 9.80 Å². The minimum Gasteiger partial charge on any atom is -0.336 e. The van der Waals surface area contributed by atoms with Crippen molar-refractivity contribution in [3.8, 4) is 5.69 Å². The lowest BCUT2D eigenvalue weighted by atomic mass is 10.1. The fourth-order valence-electron chi connectivity index (χ4n) is 4.48. The Morgan fingerprint density at radius 3 is 2.24 bits per heavy atom. The highest BCUT2D eigenvalue weighted by atomic mass is 32.2. The maximum atomic E-state index is 13.6. The summed E-state index contributed by atoms with van der Waals surface area (Å²) in [5.41, 5.74) is 3.77. The first-order valence-electron chi connectivity index (χ1n) is 12.6. The second-order valence-corrected chi connectivity index (χ2v) is 10.0. The first-order valence-corrected chi connectivity index (χ1v) is 13.6. The first kappa shape index (κ1) is 25.2. The maximum Gasteiger partial charge on any atom is 0.253 e. The predicted octanol–water partition coefficient (Wildman–Crippen LogP) is 5.07. The number of piperazine rings is 1. The smallest absolute Gasteiger partial charge is 0.253 e. The summed E-state index contributed by atoms with van der Waals surface area (Å²) in [7, 11) is 0. The van der Waals surface area contributed by atoms with E-state index in [0.717, 1.165) is 66.1 Å². The van der Waals surface area contributed by atoms with Crippen LogP contribution in [0.4, 0.5) is 4.39 Å². The predicted molar refractivity (Wildman–Crippen MR) is 145 cm³/mol. The van der Waals surface area contributed by atoms with E-state index in [4.69, 9.17) is 0 Å². The number of amides is 1. The number of carbonyl (C=O) groups is 1. The molecule has 5 rings (SSSR count). The Morgan fingerprint density at radius 1 is 0.865 bits per heavy atom. The number of benzene rings is 3. The van der Waals surface area contributed by atoms with Crippen LogP contribution in [0.3, 0.4) is 0 Å². The van der Waals surface area contributed by atoms with Gasteiger partial charge in [-0.15, -0.1) is 10.2 Å². The van der Waals surface area contributed by atoms with E-state index in [1.807, 2.05) is 51.9 Å². The summed E-state index contributed by atoms with van der Waals surface area (Å²) in [6.45, 7) is 6.58. The summed E-state index contributed by atoms with van der Waals surface area (Å²) < 4.78 is 15.6. The van der Waals surface area contributed by atoms with E-state index in [0.29, 0.717) is 12.2 Å². The van der Waals surface area contributed by atoms with Crippen molar-refractivity contribution < 1.29 is 9.18 Å². The van der Waals surface area contributed by atoms with Crippen molar-refractivity contribution in [2.24, 2.45) is 0 Å². The van der Waals surface area contributed by atoms with Crippen molar-refractivity contribution in [3.63, 3.8) is 0 Å². The molecule has 0 spiro atoms. The fourth-order valence-corrected chi connectivity index (χ4v) is 5.40. The summed E-state index contributed by atoms with van der Waals surface area (Å²) in [4.78, 5) is 17.2. The molecule has 1 saturated heterocycles. The van der Waals surface area contributed by atoms with E-state index < -0.39 is 0 Å². The van der Waals surface area contributed by atoms with Gasteiger partial charge in [-0.3, -0.25) is 9.36 Å². The SMILES string of the molecule is CCN1CCN(C(=O)c2ccc(CSc3nnc(Cc4ccccc4)n3-c3ccc(F)cc3)cc2)CC1. The number of rotatable bonds is 8. The quantitative estimate of drug-likeness (QED) is 0.307. The normalized spacial score (nSPS) is 14.2. The van der Waals surface area contributed by atoms with Crippen LogP contribution in [-0.4, -0.2) is 63.2 Å². The number of hydrogen-bond donors (Lipinski definition) is 0. The number of carbonyl (C=O) groups excluding carboxylic acids is 1. The molecule has 4 aromatic rings. The molecule has 0 bridgehead atoms. The largest absolute Gasteiger partial charge is 0.336 e. The third-order valence-corrected chi connectivity index (χ3v) is 7.67. The molecular weight excluding hydrogens is 485 g/mol. The molecule has 1 aromatic heterocycles. The molecule has 37 heavy (non-hydrogen) atoms. The van der Waals surface area contributed by atoms with E-state index in [9.17, 15) is 9.18 Å². The molecule has 190 valence electrons. The molecule has 0 atom stereocenters. The lowest BCUT2D eigenvalue weighted by Crippen LogP contribution is -2.48. The third-order valence-electron chi connectivity index (χ3n) is 6.67. The molecule has 1 fully saturated rings. The number of likely N-dealkylation sites (N-methyl/N-ethyl adjacent to an activating group) is 1. The maximum absolute atomic E-state index is 13.6. The van der Waals surface area contributed by atoms with E-state index in [2.05, 4.69) is 34.2 Å². The second kappa shape index (κ2) is 11.7. The highest BCUT2D eigenvalue weighted by Gasteiger charge is 2.21. The van der Waals surface area contributed by atoms with Gasteiger partial charge >= 0.3 is 0 Å². The molecule has 0 radical (unpaired) electrons. The van der Waals surface area contributed by atoms with Gasteiger partial charge in [-0.2, -0.15) is 0 Å². The van der Waals surface area contributed by atoms with Crippen molar-refractivity contribution in [2.45, 2.75) is 24.3 Å². The standard InChI is InChI=1S/C29H30FN5OS/c1-2-33-16-18-34(19-17-33)28(36)24-10-8-23(9-11-24)21-37-29-32-31-27(20-22-6-4-3-5-7-22)35(29)26-14-12-25(30)13-15-26/h3-15H,2,16-21H2,1H3. The van der Waals surface area contributed by atoms with E-state index in [1.54, 1.807) is 23.9 Å². The molecule has 1 amide bonds. The Kier molecular flexibility index (Phi) is 7.96. The first-order chi connectivity index (χ1) is 18.1. The van der Waals surface area contributed by atoms with Crippen molar-refractivity contribution >= 4 is 17.7 Å². The Bertz CT molecular complexity index is 1320. The van der Waals surface area contributed by atoms with Crippen LogP contribution in [0.2, 0.25) is 0 Å². The highest BCUT2D eigenvalue weighted by Crippen LogP contribution is 2.27. The average molecular weight is 516 g/mol. The molecule has 0 aliphatic carbocycles. The van der Waals surface area contributed by atoms with Gasteiger partial charge in [-0.1, -0.05) is 61.2 Å². The van der Waals surface area contributed by atoms with Gasteiger partial charge in [-0.25, -0.2) is 4.39 Å². The molecule has 6 nitrogen and oxygen atoms in total. The number of nitrogens with zero attached hydrogens (tertiary/aromatic N) is 5. The van der Waals surface area contributed by atoms with Gasteiger partial charge in [0.05, 0.1) is 0 Å². The third kappa shape index (κ3) is 6.09. The van der Waals surface area contributed by atoms with Crippen LogP contribution in [0.15, 0.2) is 84.0 Å². The van der Waals surface area contributed by atoms with Crippen LogP contribution >= 0.6 is 11.8 Å². The van der Waals surface area contributed by atoms with Crippen LogP contribution < -0.4 is 0 Å². The Hall–Kier alpha value is -3.49. The molecule has 1 aliphatic heterocycles. The Labute approximate surface area is 221 Å². The summed E-state index contributed by atoms with van der Waals surface area (Å²) in [5, 5.41) is 9.67. The van der Waals surface area contributed by atoms with E-state index >= 15 is 0 Å². The zero-order chi connectivity index (χ0) is 25.6. The number of halogens is 1. The van der Waals surface area contributed by atoms with Gasteiger partial charge in [0.2, 0.25) is 0 Å². The highest BCUT2D eigenvalue weighted by molar-refractivity contribution is 7.98. The summed E-state index contributed by atoms with van der Waals surface area (Å²) >= 11 is 1.57. The van der Waals surface area contributed by atoms with Gasteiger partial charge in [-0.05, 0) is 54.1 Å². The number of hydrogen-bond acceptors (Lipinski definition) is 5. The molecule has 1 aliphatic rings. The van der Waals surface area contributed by atoms with Crippen molar-refractivity contribution in [1.82, 2.24) is 24.6 Å². The Balaban J connectivity index is 1.29. The minimum atomic E-state index is -0.280. The fraction of sp³-hybridized carbons (Fsp3) is 0.276. The number of thioether (sulfide) groups is 1. The van der Waals surface area contributed by atoms with Crippen LogP contribution in [0, 0.1) is 5.82 Å². The van der Waals surface area contributed by atoms with Gasteiger partial charge in [0.1, 0.15) is 11.6 Å². The molecule has 0 unspecified atom stereocenters. The topological polar surface area (TPSA) is 54.3 Å². The zero-order valence-electron chi connectivity index (χ0n) is 20.9. The molecule has 0 N–H and O–H groups in total. The second-order valence-electron chi connectivity index (χ2n) is 9.09. The minimum absolute atomic E-state index is 0.0940. The summed E-state index contributed by atoms with van der Waals surface area (Å²) in [6, 6.07) is 24.3. The van der Waals surface area contributed by atoms with E-state index in [1.165, 1.54) is 12.1 Å². The van der Waals surface area contributed by atoms with Gasteiger partial charge in [0.25, 0.3) is 5.91 Å². The molecule has 8 heteroatoms. The molecular formula is C29H30FN5OS. The van der Waals surface area contributed by atoms with Crippen LogP contribution in [-0.2, 0) is 12.2 Å². The molecule has 2 heterocycles. The number of aromatic nitrogens is 3. The molecule has 3 aromatic carbocycles. The summed E-state index contributed by atoms with van der Waals surface area (Å²) in [6.07, 6.45) is 0.620.